The molecule has 0 radical (unpaired) electrons. The van der Waals surface area contributed by atoms with Gasteiger partial charge in [0.1, 0.15) is 11.7 Å². The SMILES string of the molecule is CCCC[C@H](NC(=O)C(CC(=O)N1CCOCC1)NC(=O)c1cnccn1)B1OC(C)(C)C(C)(C)O1. The van der Waals surface area contributed by atoms with Gasteiger partial charge in [0.15, 0.2) is 0 Å². The van der Waals surface area contributed by atoms with E-state index in [1.54, 1.807) is 4.90 Å². The van der Waals surface area contributed by atoms with Crippen LogP contribution in [0.25, 0.3) is 0 Å². The molecular weight excluding hydrogens is 465 g/mol. The first-order chi connectivity index (χ1) is 17.0. The summed E-state index contributed by atoms with van der Waals surface area (Å²) < 4.78 is 17.7. The molecule has 3 rings (SSSR count). The number of carbonyl (C=O) groups excluding carboxylic acids is 3. The Morgan fingerprint density at radius 3 is 2.33 bits per heavy atom. The van der Waals surface area contributed by atoms with E-state index in [2.05, 4.69) is 27.5 Å². The van der Waals surface area contributed by atoms with Gasteiger partial charge in [0.05, 0.1) is 43.0 Å². The zero-order valence-electron chi connectivity index (χ0n) is 21.9. The van der Waals surface area contributed by atoms with E-state index in [1.165, 1.54) is 18.6 Å². The van der Waals surface area contributed by atoms with Gasteiger partial charge in [0.2, 0.25) is 11.8 Å². The Kier molecular flexibility index (Phi) is 9.43. The molecule has 3 heterocycles. The highest BCUT2D eigenvalue weighted by Gasteiger charge is 2.54. The Labute approximate surface area is 213 Å². The fourth-order valence-electron chi connectivity index (χ4n) is 4.01. The third-order valence-electron chi connectivity index (χ3n) is 6.96. The van der Waals surface area contributed by atoms with Crippen molar-refractivity contribution in [2.24, 2.45) is 0 Å². The lowest BCUT2D eigenvalue weighted by molar-refractivity contribution is -0.138. The van der Waals surface area contributed by atoms with E-state index in [-0.39, 0.29) is 18.0 Å². The van der Waals surface area contributed by atoms with Crippen LogP contribution in [0.4, 0.5) is 0 Å². The molecule has 1 aromatic rings. The number of nitrogens with zero attached hydrogens (tertiary/aromatic N) is 3. The number of amides is 3. The normalized spacial score (nSPS) is 20.5. The lowest BCUT2D eigenvalue weighted by Crippen LogP contribution is -2.56. The van der Waals surface area contributed by atoms with Crippen LogP contribution in [0.2, 0.25) is 0 Å². The van der Waals surface area contributed by atoms with Crippen molar-refractivity contribution in [3.63, 3.8) is 0 Å². The molecule has 12 heteroatoms. The smallest absolute Gasteiger partial charge is 0.402 e. The molecule has 11 nitrogen and oxygen atoms in total. The zero-order valence-corrected chi connectivity index (χ0v) is 21.9. The number of hydrogen-bond donors (Lipinski definition) is 2. The van der Waals surface area contributed by atoms with Crippen molar-refractivity contribution in [1.82, 2.24) is 25.5 Å². The van der Waals surface area contributed by atoms with Crippen molar-refractivity contribution in [3.8, 4) is 0 Å². The van der Waals surface area contributed by atoms with Gasteiger partial charge in [0, 0.05) is 25.5 Å². The lowest BCUT2D eigenvalue weighted by Gasteiger charge is -2.32. The molecule has 198 valence electrons. The average Bonchev–Trinajstić information content (AvgIpc) is 3.08. The van der Waals surface area contributed by atoms with Gasteiger partial charge in [-0.05, 0) is 34.1 Å². The Morgan fingerprint density at radius 2 is 1.75 bits per heavy atom. The van der Waals surface area contributed by atoms with Crippen molar-refractivity contribution in [2.75, 3.05) is 26.3 Å². The maximum absolute atomic E-state index is 13.5. The first-order valence-corrected chi connectivity index (χ1v) is 12.6. The second-order valence-electron chi connectivity index (χ2n) is 10.2. The summed E-state index contributed by atoms with van der Waals surface area (Å²) in [6.07, 6.45) is 6.35. The molecule has 0 saturated carbocycles. The molecule has 0 aliphatic carbocycles. The molecule has 2 saturated heterocycles. The van der Waals surface area contributed by atoms with E-state index in [0.29, 0.717) is 32.7 Å². The molecular formula is C24H38BN5O6. The minimum absolute atomic E-state index is 0.0580. The van der Waals surface area contributed by atoms with Gasteiger partial charge in [-0.25, -0.2) is 4.98 Å². The summed E-state index contributed by atoms with van der Waals surface area (Å²) in [4.78, 5) is 48.8. The molecule has 0 spiro atoms. The van der Waals surface area contributed by atoms with Crippen molar-refractivity contribution in [3.05, 3.63) is 24.3 Å². The lowest BCUT2D eigenvalue weighted by atomic mass is 9.75. The Balaban J connectivity index is 1.77. The first kappa shape index (κ1) is 28.0. The van der Waals surface area contributed by atoms with Gasteiger partial charge in [-0.2, -0.15) is 0 Å². The van der Waals surface area contributed by atoms with Crippen LogP contribution in [-0.4, -0.2) is 89.2 Å². The van der Waals surface area contributed by atoms with E-state index in [1.807, 2.05) is 27.7 Å². The summed E-state index contributed by atoms with van der Waals surface area (Å²) >= 11 is 0. The van der Waals surface area contributed by atoms with Crippen LogP contribution < -0.4 is 10.6 Å². The van der Waals surface area contributed by atoms with E-state index < -0.39 is 42.1 Å². The fraction of sp³-hybridized carbons (Fsp3) is 0.708. The molecule has 2 atom stereocenters. The van der Waals surface area contributed by atoms with E-state index in [0.717, 1.165) is 12.8 Å². The standard InChI is InChI=1S/C24H38BN5O6/c1-6-7-8-19(25-35-23(2,3)24(4,5)36-25)29-21(32)17(15-20(31)30-11-13-34-14-12-30)28-22(33)18-16-26-9-10-27-18/h9-10,16-17,19H,6-8,11-15H2,1-5H3,(H,28,33)(H,29,32)/t17?,19-/m0/s1. The maximum atomic E-state index is 13.5. The molecule has 1 aromatic heterocycles. The number of morpholine rings is 1. The molecule has 0 aromatic carbocycles. The predicted octanol–water partition coefficient (Wildman–Crippen LogP) is 1.13. The number of ether oxygens (including phenoxy) is 1. The number of unbranched alkanes of at least 4 members (excludes halogenated alkanes) is 1. The summed E-state index contributed by atoms with van der Waals surface area (Å²) in [7, 11) is -0.656. The summed E-state index contributed by atoms with van der Waals surface area (Å²) in [5, 5.41) is 5.67. The van der Waals surface area contributed by atoms with Crippen LogP contribution in [0.3, 0.4) is 0 Å². The number of hydrogen-bond acceptors (Lipinski definition) is 8. The summed E-state index contributed by atoms with van der Waals surface area (Å²) in [6, 6.07) is -1.11. The van der Waals surface area contributed by atoms with E-state index >= 15 is 0 Å². The van der Waals surface area contributed by atoms with Crippen LogP contribution in [0.1, 0.15) is 70.8 Å². The molecule has 2 aliphatic heterocycles. The third kappa shape index (κ3) is 7.01. The van der Waals surface area contributed by atoms with Crippen LogP contribution in [0, 0.1) is 0 Å². The molecule has 2 aliphatic rings. The van der Waals surface area contributed by atoms with Crippen molar-refractivity contribution in [1.29, 1.82) is 0 Å². The van der Waals surface area contributed by atoms with Gasteiger partial charge >= 0.3 is 7.12 Å². The number of aromatic nitrogens is 2. The van der Waals surface area contributed by atoms with Gasteiger partial charge in [-0.3, -0.25) is 19.4 Å². The van der Waals surface area contributed by atoms with E-state index in [4.69, 9.17) is 14.0 Å². The Bertz CT molecular complexity index is 894. The van der Waals surface area contributed by atoms with Crippen molar-refractivity contribution in [2.45, 2.75) is 83.5 Å². The Morgan fingerprint density at radius 1 is 1.08 bits per heavy atom. The zero-order chi connectivity index (χ0) is 26.3. The van der Waals surface area contributed by atoms with Gasteiger partial charge in [0.25, 0.3) is 5.91 Å². The number of carbonyl (C=O) groups is 3. The number of rotatable bonds is 10. The van der Waals surface area contributed by atoms with Crippen LogP contribution in [0.15, 0.2) is 18.6 Å². The van der Waals surface area contributed by atoms with Crippen molar-refractivity contribution < 1.29 is 28.4 Å². The second kappa shape index (κ2) is 12.1. The minimum atomic E-state index is -1.11. The van der Waals surface area contributed by atoms with Crippen LogP contribution in [-0.2, 0) is 23.6 Å². The fourth-order valence-corrected chi connectivity index (χ4v) is 4.01. The third-order valence-corrected chi connectivity index (χ3v) is 6.96. The molecule has 2 fully saturated rings. The average molecular weight is 503 g/mol. The molecule has 3 amide bonds. The highest BCUT2D eigenvalue weighted by atomic mass is 16.7. The van der Waals surface area contributed by atoms with Gasteiger partial charge in [-0.15, -0.1) is 0 Å². The maximum Gasteiger partial charge on any atom is 0.481 e. The summed E-state index contributed by atoms with van der Waals surface area (Å²) in [6.45, 7) is 11.6. The monoisotopic (exact) mass is 503 g/mol. The summed E-state index contributed by atoms with van der Waals surface area (Å²) in [5.41, 5.74) is -1.06. The van der Waals surface area contributed by atoms with Crippen LogP contribution >= 0.6 is 0 Å². The summed E-state index contributed by atoms with van der Waals surface area (Å²) in [5.74, 6) is -1.75. The first-order valence-electron chi connectivity index (χ1n) is 12.6. The second-order valence-corrected chi connectivity index (χ2v) is 10.2. The molecule has 1 unspecified atom stereocenters. The molecule has 0 bridgehead atoms. The van der Waals surface area contributed by atoms with Crippen LogP contribution in [0.5, 0.6) is 0 Å². The topological polar surface area (TPSA) is 132 Å². The highest BCUT2D eigenvalue weighted by molar-refractivity contribution is 6.48. The van der Waals surface area contributed by atoms with Gasteiger partial charge in [-0.1, -0.05) is 19.8 Å². The Hall–Kier alpha value is -2.57. The predicted molar refractivity (Wildman–Crippen MR) is 133 cm³/mol. The number of nitrogens with one attached hydrogen (secondary N) is 2. The minimum Gasteiger partial charge on any atom is -0.402 e. The van der Waals surface area contributed by atoms with E-state index in [9.17, 15) is 14.4 Å². The largest absolute Gasteiger partial charge is 0.481 e. The molecule has 36 heavy (non-hydrogen) atoms. The van der Waals surface area contributed by atoms with Crippen molar-refractivity contribution >= 4 is 24.8 Å². The quantitative estimate of drug-likeness (QED) is 0.455. The molecule has 2 N–H and O–H groups in total. The van der Waals surface area contributed by atoms with Gasteiger partial charge < -0.3 is 29.6 Å². The highest BCUT2D eigenvalue weighted by Crippen LogP contribution is 2.38.